The molecule has 0 saturated heterocycles. The Morgan fingerprint density at radius 3 is 2.57 bits per heavy atom. The summed E-state index contributed by atoms with van der Waals surface area (Å²) in [6.45, 7) is 0.188. The minimum Gasteiger partial charge on any atom is -0.378 e. The van der Waals surface area contributed by atoms with Gasteiger partial charge >= 0.3 is 0 Å². The van der Waals surface area contributed by atoms with Crippen LogP contribution in [0.2, 0.25) is 0 Å². The monoisotopic (exact) mass is 427 g/mol. The molecule has 0 bridgehead atoms. The summed E-state index contributed by atoms with van der Waals surface area (Å²) in [5.74, 6) is -0.908. The van der Waals surface area contributed by atoms with Crippen molar-refractivity contribution in [2.45, 2.75) is 18.2 Å². The summed E-state index contributed by atoms with van der Waals surface area (Å²) < 4.78 is 20.4. The van der Waals surface area contributed by atoms with Gasteiger partial charge in [-0.25, -0.2) is 9.37 Å². The molecule has 0 saturated carbocycles. The number of hydrogen-bond donors (Lipinski definition) is 1. The Kier molecular flexibility index (Phi) is 7.37. The van der Waals surface area contributed by atoms with Gasteiger partial charge in [0.2, 0.25) is 5.91 Å². The number of rotatable bonds is 8. The van der Waals surface area contributed by atoms with Crippen LogP contribution in [0.25, 0.3) is 0 Å². The van der Waals surface area contributed by atoms with E-state index >= 15 is 0 Å². The third-order valence-electron chi connectivity index (χ3n) is 4.41. The molecule has 0 radical (unpaired) electrons. The van der Waals surface area contributed by atoms with E-state index in [9.17, 15) is 14.0 Å². The molecule has 8 heteroatoms. The number of nitrogens with zero attached hydrogens (tertiary/aromatic N) is 2. The van der Waals surface area contributed by atoms with E-state index in [0.29, 0.717) is 22.8 Å². The number of ether oxygens (including phenoxy) is 1. The van der Waals surface area contributed by atoms with Crippen LogP contribution in [-0.4, -0.2) is 28.3 Å². The van der Waals surface area contributed by atoms with E-state index in [1.807, 2.05) is 30.3 Å². The summed E-state index contributed by atoms with van der Waals surface area (Å²) >= 11 is 1.11. The van der Waals surface area contributed by atoms with Crippen LogP contribution < -0.4 is 10.9 Å². The highest BCUT2D eigenvalue weighted by molar-refractivity contribution is 7.99. The Bertz CT molecular complexity index is 1090. The number of amides is 1. The molecule has 0 aliphatic heterocycles. The van der Waals surface area contributed by atoms with Crippen molar-refractivity contribution in [1.29, 1.82) is 0 Å². The molecule has 0 unspecified atom stereocenters. The number of nitrogens with one attached hydrogen (secondary N) is 1. The lowest BCUT2D eigenvalue weighted by atomic mass is 10.0. The summed E-state index contributed by atoms with van der Waals surface area (Å²) in [6.07, 6.45) is 0.442. The van der Waals surface area contributed by atoms with Crippen LogP contribution in [0.3, 0.4) is 0 Å². The van der Waals surface area contributed by atoms with Gasteiger partial charge in [-0.1, -0.05) is 54.2 Å². The first-order chi connectivity index (χ1) is 14.5. The number of thioether (sulfide) groups is 1. The second-order valence-electron chi connectivity index (χ2n) is 6.60. The highest BCUT2D eigenvalue weighted by atomic mass is 32.2. The molecule has 1 N–H and O–H groups in total. The van der Waals surface area contributed by atoms with E-state index in [1.54, 1.807) is 26.3 Å². The third-order valence-corrected chi connectivity index (χ3v) is 5.44. The molecule has 3 aromatic rings. The molecule has 0 fully saturated rings. The van der Waals surface area contributed by atoms with Crippen molar-refractivity contribution in [1.82, 2.24) is 9.55 Å². The number of methoxy groups -OCH3 is 1. The Morgan fingerprint density at radius 1 is 1.17 bits per heavy atom. The van der Waals surface area contributed by atoms with Gasteiger partial charge in [0.15, 0.2) is 5.16 Å². The van der Waals surface area contributed by atoms with E-state index in [4.69, 9.17) is 4.74 Å². The van der Waals surface area contributed by atoms with Gasteiger partial charge in [-0.3, -0.25) is 14.2 Å². The number of carbonyl (C=O) groups is 1. The topological polar surface area (TPSA) is 73.2 Å². The fourth-order valence-corrected chi connectivity index (χ4v) is 3.70. The lowest BCUT2D eigenvalue weighted by Gasteiger charge is -2.14. The number of halogens is 1. The van der Waals surface area contributed by atoms with E-state index in [0.717, 1.165) is 17.3 Å². The zero-order valence-electron chi connectivity index (χ0n) is 16.7. The Morgan fingerprint density at radius 2 is 1.87 bits per heavy atom. The fourth-order valence-electron chi connectivity index (χ4n) is 2.91. The van der Waals surface area contributed by atoms with Crippen molar-refractivity contribution in [2.75, 3.05) is 18.2 Å². The van der Waals surface area contributed by atoms with E-state index in [2.05, 4.69) is 10.3 Å². The van der Waals surface area contributed by atoms with Crippen LogP contribution in [0.4, 0.5) is 10.1 Å². The summed E-state index contributed by atoms with van der Waals surface area (Å²) in [6, 6.07) is 15.6. The number of hydrogen-bond acceptors (Lipinski definition) is 5. The predicted octanol–water partition coefficient (Wildman–Crippen LogP) is 3.39. The zero-order chi connectivity index (χ0) is 21.5. The Balaban J connectivity index is 1.79. The van der Waals surface area contributed by atoms with Crippen molar-refractivity contribution in [3.63, 3.8) is 0 Å². The molecule has 6 nitrogen and oxygen atoms in total. The normalized spacial score (nSPS) is 10.8. The molecule has 3 rings (SSSR count). The predicted molar refractivity (Wildman–Crippen MR) is 115 cm³/mol. The van der Waals surface area contributed by atoms with Gasteiger partial charge in [0.05, 0.1) is 23.7 Å². The van der Waals surface area contributed by atoms with Crippen molar-refractivity contribution in [2.24, 2.45) is 7.05 Å². The molecular formula is C22H22FN3O3S. The molecule has 0 spiro atoms. The van der Waals surface area contributed by atoms with Crippen LogP contribution in [-0.2, 0) is 29.6 Å². The van der Waals surface area contributed by atoms with Gasteiger partial charge in [-0.15, -0.1) is 0 Å². The molecule has 0 aliphatic rings. The molecule has 1 aromatic heterocycles. The number of carbonyl (C=O) groups excluding carboxylic acids is 1. The maximum absolute atomic E-state index is 13.7. The highest BCUT2D eigenvalue weighted by Gasteiger charge is 2.17. The summed E-state index contributed by atoms with van der Waals surface area (Å²) in [5.41, 5.74) is 2.03. The maximum Gasteiger partial charge on any atom is 0.257 e. The number of benzene rings is 2. The molecule has 1 amide bonds. The van der Waals surface area contributed by atoms with Gasteiger partial charge < -0.3 is 10.1 Å². The number of aromatic nitrogens is 2. The van der Waals surface area contributed by atoms with Crippen molar-refractivity contribution in [3.05, 3.63) is 87.6 Å². The molecule has 0 aliphatic carbocycles. The lowest BCUT2D eigenvalue weighted by molar-refractivity contribution is -0.113. The smallest absolute Gasteiger partial charge is 0.257 e. The fraction of sp³-hybridized carbons (Fsp3) is 0.227. The average molecular weight is 428 g/mol. The van der Waals surface area contributed by atoms with Crippen LogP contribution >= 0.6 is 11.8 Å². The molecule has 30 heavy (non-hydrogen) atoms. The first-order valence-electron chi connectivity index (χ1n) is 9.28. The minimum atomic E-state index is -0.506. The molecule has 156 valence electrons. The third kappa shape index (κ3) is 5.34. The van der Waals surface area contributed by atoms with Crippen LogP contribution in [0.1, 0.15) is 16.8 Å². The quantitative estimate of drug-likeness (QED) is 0.441. The first kappa shape index (κ1) is 21.7. The molecule has 1 heterocycles. The Hall–Kier alpha value is -2.97. The van der Waals surface area contributed by atoms with E-state index in [1.165, 1.54) is 16.7 Å². The standard InChI is InChI=1S/C22H22FN3O3S/c1-26-21(28)16(12-15-8-4-3-5-9-15)19(13-29-2)25-22(26)30-14-20(27)24-18-11-7-6-10-17(18)23/h3-11H,12-14H2,1-2H3,(H,24,27). The number of anilines is 1. The van der Waals surface area contributed by atoms with Gasteiger partial charge in [-0.05, 0) is 17.7 Å². The van der Waals surface area contributed by atoms with Crippen LogP contribution in [0.5, 0.6) is 0 Å². The molecule has 2 aromatic carbocycles. The SMILES string of the molecule is COCc1nc(SCC(=O)Nc2ccccc2F)n(C)c(=O)c1Cc1ccccc1. The van der Waals surface area contributed by atoms with Crippen molar-refractivity contribution in [3.8, 4) is 0 Å². The van der Waals surface area contributed by atoms with Crippen molar-refractivity contribution < 1.29 is 13.9 Å². The second kappa shape index (κ2) is 10.2. The molecule has 0 atom stereocenters. The summed E-state index contributed by atoms with van der Waals surface area (Å²) in [7, 11) is 3.16. The van der Waals surface area contributed by atoms with Crippen LogP contribution in [0.15, 0.2) is 64.5 Å². The summed E-state index contributed by atoms with van der Waals surface area (Å²) in [4.78, 5) is 29.8. The number of para-hydroxylation sites is 1. The second-order valence-corrected chi connectivity index (χ2v) is 7.54. The summed E-state index contributed by atoms with van der Waals surface area (Å²) in [5, 5.41) is 2.92. The largest absolute Gasteiger partial charge is 0.378 e. The van der Waals surface area contributed by atoms with Gasteiger partial charge in [-0.2, -0.15) is 0 Å². The Labute approximate surface area is 178 Å². The zero-order valence-corrected chi connectivity index (χ0v) is 17.5. The lowest BCUT2D eigenvalue weighted by Crippen LogP contribution is -2.27. The molecular weight excluding hydrogens is 405 g/mol. The van der Waals surface area contributed by atoms with Crippen molar-refractivity contribution >= 4 is 23.4 Å². The average Bonchev–Trinajstić information content (AvgIpc) is 2.75. The highest BCUT2D eigenvalue weighted by Crippen LogP contribution is 2.19. The maximum atomic E-state index is 13.7. The van der Waals surface area contributed by atoms with Gasteiger partial charge in [0.1, 0.15) is 5.82 Å². The van der Waals surface area contributed by atoms with E-state index < -0.39 is 5.82 Å². The van der Waals surface area contributed by atoms with Gasteiger partial charge in [0.25, 0.3) is 5.56 Å². The van der Waals surface area contributed by atoms with E-state index in [-0.39, 0.29) is 29.5 Å². The van der Waals surface area contributed by atoms with Crippen LogP contribution in [0, 0.1) is 5.82 Å². The van der Waals surface area contributed by atoms with Gasteiger partial charge in [0, 0.05) is 26.1 Å². The minimum absolute atomic E-state index is 0.0148. The first-order valence-corrected chi connectivity index (χ1v) is 10.3.